The van der Waals surface area contributed by atoms with Crippen molar-refractivity contribution in [2.45, 2.75) is 116 Å². The molecule has 0 unspecified atom stereocenters. The lowest BCUT2D eigenvalue weighted by atomic mass is 9.85. The summed E-state index contributed by atoms with van der Waals surface area (Å²) in [5.41, 5.74) is 7.52. The van der Waals surface area contributed by atoms with Crippen molar-refractivity contribution in [2.75, 3.05) is 39.1 Å². The van der Waals surface area contributed by atoms with Crippen LogP contribution in [0.15, 0.2) is 35.4 Å². The van der Waals surface area contributed by atoms with E-state index < -0.39 is 0 Å². The summed E-state index contributed by atoms with van der Waals surface area (Å²) < 4.78 is 24.3. The molecule has 2 aromatic rings. The van der Waals surface area contributed by atoms with E-state index in [9.17, 15) is 0 Å². The van der Waals surface area contributed by atoms with Crippen LogP contribution in [0.5, 0.6) is 23.0 Å². The number of methoxy groups -OCH3 is 4. The Hall–Kier alpha value is -1.92. The number of halogens is 2. The lowest BCUT2D eigenvalue weighted by Gasteiger charge is -2.24. The quantitative estimate of drug-likeness (QED) is 0.202. The smallest absolute Gasteiger partial charge is 0.126 e. The van der Waals surface area contributed by atoms with Gasteiger partial charge in [-0.1, -0.05) is 108 Å². The molecule has 4 bridgehead atoms. The standard InChI is InChI=1S/C40H58Br2O4/c1-7-9-17-33-19-13-11-15-29(27-41)22-32-25-37(45-5)40(38(26-32)46-6)34(18-10-8-2)20-14-12-16-30(28-42)21-31-23-35(43-3)39(33)36(24-31)44-4/h21-26,33-34H,7-20,27-28H2,1-6H3/b29-22+,30-21+/t33-,34-/m0/s1. The van der Waals surface area contributed by atoms with E-state index in [-0.39, 0.29) is 0 Å². The Labute approximate surface area is 297 Å². The first-order valence-corrected chi connectivity index (χ1v) is 19.7. The molecular weight excluding hydrogens is 704 g/mol. The van der Waals surface area contributed by atoms with Crippen molar-refractivity contribution < 1.29 is 18.9 Å². The van der Waals surface area contributed by atoms with Crippen molar-refractivity contribution in [1.82, 2.24) is 0 Å². The van der Waals surface area contributed by atoms with E-state index in [0.717, 1.165) is 109 Å². The number of allylic oxidation sites excluding steroid dienone is 2. The molecule has 0 N–H and O–H groups in total. The van der Waals surface area contributed by atoms with Gasteiger partial charge in [0.1, 0.15) is 23.0 Å². The van der Waals surface area contributed by atoms with Gasteiger partial charge in [-0.05, 0) is 98.6 Å². The summed E-state index contributed by atoms with van der Waals surface area (Å²) in [5.74, 6) is 4.60. The molecule has 256 valence electrons. The van der Waals surface area contributed by atoms with Gasteiger partial charge in [0.15, 0.2) is 0 Å². The molecule has 0 radical (unpaired) electrons. The number of alkyl halides is 2. The molecule has 2 atom stereocenters. The van der Waals surface area contributed by atoms with Crippen LogP contribution in [0.3, 0.4) is 0 Å². The maximum absolute atomic E-state index is 6.07. The predicted molar refractivity (Wildman–Crippen MR) is 204 cm³/mol. The Kier molecular flexibility index (Phi) is 17.7. The average Bonchev–Trinajstić information content (AvgIpc) is 3.08. The van der Waals surface area contributed by atoms with Gasteiger partial charge in [0.2, 0.25) is 0 Å². The van der Waals surface area contributed by atoms with Gasteiger partial charge >= 0.3 is 0 Å². The second-order valence-electron chi connectivity index (χ2n) is 12.7. The third kappa shape index (κ3) is 11.1. The van der Waals surface area contributed by atoms with Crippen LogP contribution in [0.4, 0.5) is 0 Å². The summed E-state index contributed by atoms with van der Waals surface area (Å²) in [5, 5.41) is 1.70. The summed E-state index contributed by atoms with van der Waals surface area (Å²) in [6, 6.07) is 8.89. The summed E-state index contributed by atoms with van der Waals surface area (Å²) >= 11 is 7.57. The van der Waals surface area contributed by atoms with Crippen LogP contribution >= 0.6 is 31.9 Å². The molecule has 0 saturated carbocycles. The number of hydrogen-bond donors (Lipinski definition) is 0. The van der Waals surface area contributed by atoms with Crippen molar-refractivity contribution >= 4 is 44.0 Å². The largest absolute Gasteiger partial charge is 0.496 e. The second kappa shape index (κ2) is 21.1. The van der Waals surface area contributed by atoms with Crippen molar-refractivity contribution in [3.8, 4) is 23.0 Å². The number of benzene rings is 2. The minimum Gasteiger partial charge on any atom is -0.496 e. The van der Waals surface area contributed by atoms with E-state index in [4.69, 9.17) is 18.9 Å². The molecular formula is C40H58Br2O4. The fraction of sp³-hybridized carbons (Fsp3) is 0.600. The van der Waals surface area contributed by atoms with Crippen LogP contribution in [0.25, 0.3) is 12.2 Å². The van der Waals surface area contributed by atoms with Crippen LogP contribution in [0.1, 0.15) is 138 Å². The summed E-state index contributed by atoms with van der Waals surface area (Å²) in [6.07, 6.45) is 20.5. The molecule has 0 aromatic heterocycles. The summed E-state index contributed by atoms with van der Waals surface area (Å²) in [4.78, 5) is 0. The van der Waals surface area contributed by atoms with Crippen LogP contribution in [-0.2, 0) is 0 Å². The molecule has 4 aliphatic rings. The van der Waals surface area contributed by atoms with Crippen molar-refractivity contribution in [2.24, 2.45) is 0 Å². The Morgan fingerprint density at radius 3 is 1.20 bits per heavy atom. The first-order valence-electron chi connectivity index (χ1n) is 17.5. The predicted octanol–water partition coefficient (Wildman–Crippen LogP) is 12.7. The zero-order valence-electron chi connectivity index (χ0n) is 29.3. The molecule has 0 aliphatic heterocycles. The molecule has 6 heteroatoms. The summed E-state index contributed by atoms with van der Waals surface area (Å²) in [7, 11) is 7.21. The third-order valence-corrected chi connectivity index (χ3v) is 10.9. The molecule has 0 saturated heterocycles. The molecule has 6 rings (SSSR count). The Bertz CT molecular complexity index is 1120. The topological polar surface area (TPSA) is 36.9 Å². The molecule has 4 aliphatic carbocycles. The van der Waals surface area contributed by atoms with Crippen LogP contribution in [0.2, 0.25) is 0 Å². The minimum absolute atomic E-state index is 0.398. The normalized spacial score (nSPS) is 20.5. The SMILES string of the molecule is CCCC[C@H]1CCCC/C(CBr)=C\c2cc(OC)c(c(OC)c2)[C@@H](CCCC)CCCC/C(CBr)=C\c2cc(OC)c1c(OC)c2. The molecule has 0 spiro atoms. The van der Waals surface area contributed by atoms with Crippen molar-refractivity contribution in [1.29, 1.82) is 0 Å². The Morgan fingerprint density at radius 1 is 0.565 bits per heavy atom. The van der Waals surface area contributed by atoms with E-state index in [0.29, 0.717) is 11.8 Å². The number of ether oxygens (including phenoxy) is 4. The number of rotatable bonds is 12. The van der Waals surface area contributed by atoms with Gasteiger partial charge in [-0.15, -0.1) is 0 Å². The zero-order chi connectivity index (χ0) is 33.3. The molecule has 46 heavy (non-hydrogen) atoms. The van der Waals surface area contributed by atoms with Gasteiger partial charge in [0.05, 0.1) is 28.4 Å². The highest BCUT2D eigenvalue weighted by Gasteiger charge is 2.24. The highest BCUT2D eigenvalue weighted by Crippen LogP contribution is 2.44. The second-order valence-corrected chi connectivity index (χ2v) is 13.8. The fourth-order valence-corrected chi connectivity index (χ4v) is 7.85. The van der Waals surface area contributed by atoms with Crippen LogP contribution in [0, 0.1) is 0 Å². The molecule has 0 heterocycles. The Morgan fingerprint density at radius 2 is 0.913 bits per heavy atom. The first kappa shape index (κ1) is 38.5. The minimum atomic E-state index is 0.398. The molecule has 0 fully saturated rings. The maximum Gasteiger partial charge on any atom is 0.126 e. The lowest BCUT2D eigenvalue weighted by Crippen LogP contribution is -2.06. The van der Waals surface area contributed by atoms with E-state index in [1.54, 1.807) is 28.4 Å². The number of unbranched alkanes of at least 4 members (excludes halogenated alkanes) is 2. The zero-order valence-corrected chi connectivity index (χ0v) is 32.5. The van der Waals surface area contributed by atoms with Gasteiger partial charge in [-0.3, -0.25) is 0 Å². The van der Waals surface area contributed by atoms with Crippen LogP contribution < -0.4 is 18.9 Å². The van der Waals surface area contributed by atoms with Gasteiger partial charge in [0, 0.05) is 21.8 Å². The van der Waals surface area contributed by atoms with Gasteiger partial charge in [-0.25, -0.2) is 0 Å². The molecule has 4 nitrogen and oxygen atoms in total. The van der Waals surface area contributed by atoms with Crippen molar-refractivity contribution in [3.05, 3.63) is 57.7 Å². The van der Waals surface area contributed by atoms with E-state index in [2.05, 4.69) is 82.1 Å². The van der Waals surface area contributed by atoms with Gasteiger partial charge < -0.3 is 18.9 Å². The first-order chi connectivity index (χ1) is 22.5. The molecule has 2 aromatic carbocycles. The fourth-order valence-electron chi connectivity index (χ4n) is 6.97. The van der Waals surface area contributed by atoms with Crippen LogP contribution in [-0.4, -0.2) is 39.1 Å². The van der Waals surface area contributed by atoms with Gasteiger partial charge in [-0.2, -0.15) is 0 Å². The number of hydrogen-bond acceptors (Lipinski definition) is 4. The van der Waals surface area contributed by atoms with E-state index in [1.807, 2.05) is 0 Å². The average molecular weight is 763 g/mol. The highest BCUT2D eigenvalue weighted by atomic mass is 79.9. The third-order valence-electron chi connectivity index (χ3n) is 9.45. The Balaban J connectivity index is 2.07. The monoisotopic (exact) mass is 760 g/mol. The summed E-state index contributed by atoms with van der Waals surface area (Å²) in [6.45, 7) is 4.55. The maximum atomic E-state index is 6.07. The lowest BCUT2D eigenvalue weighted by molar-refractivity contribution is 0.369. The molecule has 0 amide bonds. The van der Waals surface area contributed by atoms with E-state index >= 15 is 0 Å². The highest BCUT2D eigenvalue weighted by molar-refractivity contribution is 9.09. The van der Waals surface area contributed by atoms with Crippen molar-refractivity contribution in [3.63, 3.8) is 0 Å². The van der Waals surface area contributed by atoms with Gasteiger partial charge in [0.25, 0.3) is 0 Å². The van der Waals surface area contributed by atoms with E-state index in [1.165, 1.54) is 48.0 Å².